The average Bonchev–Trinajstić information content (AvgIpc) is 2.71. The Morgan fingerprint density at radius 2 is 1.76 bits per heavy atom. The third-order valence-electron chi connectivity index (χ3n) is 5.10. The van der Waals surface area contributed by atoms with Gasteiger partial charge < -0.3 is 15.0 Å². The predicted molar refractivity (Wildman–Crippen MR) is 116 cm³/mol. The molecular formula is C24H32N2O3. The SMILES string of the molecule is CCNC(=O)C(CC)N(Cc1ccc(OC)cc1)C(=O)Cc1cc(C)ccc1C. The normalized spacial score (nSPS) is 11.6. The first-order valence-electron chi connectivity index (χ1n) is 10.2. The molecule has 0 aromatic heterocycles. The van der Waals surface area contributed by atoms with E-state index in [1.54, 1.807) is 12.0 Å². The van der Waals surface area contributed by atoms with Crippen molar-refractivity contribution in [3.8, 4) is 5.75 Å². The summed E-state index contributed by atoms with van der Waals surface area (Å²) < 4.78 is 5.22. The van der Waals surface area contributed by atoms with E-state index in [0.29, 0.717) is 19.5 Å². The van der Waals surface area contributed by atoms with Crippen LogP contribution in [0.5, 0.6) is 5.75 Å². The molecule has 2 aromatic carbocycles. The summed E-state index contributed by atoms with van der Waals surface area (Å²) in [4.78, 5) is 27.7. The number of ether oxygens (including phenoxy) is 1. The number of methoxy groups -OCH3 is 1. The summed E-state index contributed by atoms with van der Waals surface area (Å²) >= 11 is 0. The van der Waals surface area contributed by atoms with Crippen LogP contribution in [-0.2, 0) is 22.6 Å². The summed E-state index contributed by atoms with van der Waals surface area (Å²) in [6.45, 7) is 8.77. The minimum Gasteiger partial charge on any atom is -0.497 e. The molecule has 2 aromatic rings. The van der Waals surface area contributed by atoms with E-state index >= 15 is 0 Å². The molecule has 5 nitrogen and oxygen atoms in total. The summed E-state index contributed by atoms with van der Waals surface area (Å²) in [7, 11) is 1.62. The second kappa shape index (κ2) is 10.6. The lowest BCUT2D eigenvalue weighted by molar-refractivity contribution is -0.140. The smallest absolute Gasteiger partial charge is 0.242 e. The average molecular weight is 397 g/mol. The van der Waals surface area contributed by atoms with Gasteiger partial charge in [-0.05, 0) is 56.0 Å². The number of nitrogens with zero attached hydrogens (tertiary/aromatic N) is 1. The summed E-state index contributed by atoms with van der Waals surface area (Å²) in [5.74, 6) is 0.600. The lowest BCUT2D eigenvalue weighted by atomic mass is 10.0. The summed E-state index contributed by atoms with van der Waals surface area (Å²) in [6, 6.07) is 13.2. The van der Waals surface area contributed by atoms with Crippen molar-refractivity contribution in [1.82, 2.24) is 10.2 Å². The van der Waals surface area contributed by atoms with Crippen molar-refractivity contribution < 1.29 is 14.3 Å². The largest absolute Gasteiger partial charge is 0.497 e. The van der Waals surface area contributed by atoms with Gasteiger partial charge in [0.1, 0.15) is 11.8 Å². The Hall–Kier alpha value is -2.82. The molecule has 29 heavy (non-hydrogen) atoms. The molecule has 0 radical (unpaired) electrons. The maximum atomic E-state index is 13.3. The van der Waals surface area contributed by atoms with Crippen molar-refractivity contribution in [3.63, 3.8) is 0 Å². The van der Waals surface area contributed by atoms with Crippen LogP contribution in [0.1, 0.15) is 42.5 Å². The van der Waals surface area contributed by atoms with Gasteiger partial charge in [-0.1, -0.05) is 42.8 Å². The van der Waals surface area contributed by atoms with E-state index in [1.807, 2.05) is 70.2 Å². The molecule has 1 N–H and O–H groups in total. The zero-order chi connectivity index (χ0) is 21.4. The molecule has 0 fully saturated rings. The number of aryl methyl sites for hydroxylation is 2. The maximum absolute atomic E-state index is 13.3. The number of amides is 2. The summed E-state index contributed by atoms with van der Waals surface area (Å²) in [5.41, 5.74) is 4.17. The quantitative estimate of drug-likeness (QED) is 0.701. The molecule has 0 heterocycles. The van der Waals surface area contributed by atoms with E-state index in [2.05, 4.69) is 5.32 Å². The van der Waals surface area contributed by atoms with Crippen LogP contribution in [0.25, 0.3) is 0 Å². The van der Waals surface area contributed by atoms with Gasteiger partial charge in [0.05, 0.1) is 13.5 Å². The molecule has 0 saturated heterocycles. The number of likely N-dealkylation sites (N-methyl/N-ethyl adjacent to an activating group) is 1. The highest BCUT2D eigenvalue weighted by Crippen LogP contribution is 2.19. The minimum atomic E-state index is -0.505. The van der Waals surface area contributed by atoms with Gasteiger partial charge in [-0.15, -0.1) is 0 Å². The third kappa shape index (κ3) is 6.08. The Kier molecular flexibility index (Phi) is 8.25. The second-order valence-corrected chi connectivity index (χ2v) is 7.30. The molecule has 0 aliphatic rings. The van der Waals surface area contributed by atoms with E-state index in [1.165, 1.54) is 0 Å². The van der Waals surface area contributed by atoms with E-state index in [0.717, 1.165) is 28.0 Å². The van der Waals surface area contributed by atoms with Gasteiger partial charge in [-0.3, -0.25) is 9.59 Å². The zero-order valence-electron chi connectivity index (χ0n) is 18.1. The number of carbonyl (C=O) groups is 2. The van der Waals surface area contributed by atoms with Crippen molar-refractivity contribution in [1.29, 1.82) is 0 Å². The molecule has 0 aliphatic carbocycles. The molecular weight excluding hydrogens is 364 g/mol. The van der Waals surface area contributed by atoms with Crippen molar-refractivity contribution >= 4 is 11.8 Å². The van der Waals surface area contributed by atoms with Crippen LogP contribution < -0.4 is 10.1 Å². The van der Waals surface area contributed by atoms with Crippen LogP contribution in [0, 0.1) is 13.8 Å². The van der Waals surface area contributed by atoms with Crippen molar-refractivity contribution in [2.75, 3.05) is 13.7 Å². The number of benzene rings is 2. The number of hydrogen-bond donors (Lipinski definition) is 1. The first-order valence-corrected chi connectivity index (χ1v) is 10.2. The van der Waals surface area contributed by atoms with E-state index < -0.39 is 6.04 Å². The number of hydrogen-bond acceptors (Lipinski definition) is 3. The van der Waals surface area contributed by atoms with Gasteiger partial charge in [-0.25, -0.2) is 0 Å². The summed E-state index contributed by atoms with van der Waals surface area (Å²) in [6.07, 6.45) is 0.833. The number of carbonyl (C=O) groups excluding carboxylic acids is 2. The topological polar surface area (TPSA) is 58.6 Å². The van der Waals surface area contributed by atoms with Crippen molar-refractivity contribution in [2.45, 2.75) is 53.1 Å². The minimum absolute atomic E-state index is 0.0485. The third-order valence-corrected chi connectivity index (χ3v) is 5.10. The van der Waals surface area contributed by atoms with Crippen LogP contribution in [-0.4, -0.2) is 36.4 Å². The van der Waals surface area contributed by atoms with Crippen LogP contribution in [0.3, 0.4) is 0 Å². The Morgan fingerprint density at radius 1 is 1.07 bits per heavy atom. The Labute approximate surface area is 174 Å². The lowest BCUT2D eigenvalue weighted by Gasteiger charge is -2.31. The van der Waals surface area contributed by atoms with Gasteiger partial charge in [0.15, 0.2) is 0 Å². The van der Waals surface area contributed by atoms with Crippen LogP contribution in [0.2, 0.25) is 0 Å². The zero-order valence-corrected chi connectivity index (χ0v) is 18.1. The highest BCUT2D eigenvalue weighted by atomic mass is 16.5. The fraction of sp³-hybridized carbons (Fsp3) is 0.417. The maximum Gasteiger partial charge on any atom is 0.242 e. The fourth-order valence-corrected chi connectivity index (χ4v) is 3.39. The lowest BCUT2D eigenvalue weighted by Crippen LogP contribution is -2.49. The van der Waals surface area contributed by atoms with Gasteiger partial charge >= 0.3 is 0 Å². The van der Waals surface area contributed by atoms with Gasteiger partial charge in [0.25, 0.3) is 0 Å². The molecule has 156 valence electrons. The standard InChI is InChI=1S/C24H32N2O3/c1-6-22(24(28)25-7-2)26(16-19-10-12-21(29-5)13-11-19)23(27)15-20-14-17(3)8-9-18(20)4/h8-14,22H,6-7,15-16H2,1-5H3,(H,25,28). The van der Waals surface area contributed by atoms with Crippen LogP contribution >= 0.6 is 0 Å². The first kappa shape index (κ1) is 22.5. The molecule has 1 atom stereocenters. The Balaban J connectivity index is 2.31. The molecule has 0 saturated carbocycles. The first-order chi connectivity index (χ1) is 13.9. The highest BCUT2D eigenvalue weighted by Gasteiger charge is 2.28. The predicted octanol–water partition coefficient (Wildman–Crippen LogP) is 3.80. The molecule has 0 aliphatic heterocycles. The van der Waals surface area contributed by atoms with Crippen molar-refractivity contribution in [2.24, 2.45) is 0 Å². The van der Waals surface area contributed by atoms with Crippen molar-refractivity contribution in [3.05, 3.63) is 64.7 Å². The van der Waals surface area contributed by atoms with E-state index in [9.17, 15) is 9.59 Å². The Bertz CT molecular complexity index is 831. The second-order valence-electron chi connectivity index (χ2n) is 7.30. The monoisotopic (exact) mass is 396 g/mol. The molecule has 0 spiro atoms. The molecule has 2 rings (SSSR count). The number of rotatable bonds is 9. The van der Waals surface area contributed by atoms with Gasteiger partial charge in [0.2, 0.25) is 11.8 Å². The van der Waals surface area contributed by atoms with Gasteiger partial charge in [-0.2, -0.15) is 0 Å². The highest BCUT2D eigenvalue weighted by molar-refractivity contribution is 5.88. The molecule has 5 heteroatoms. The number of nitrogens with one attached hydrogen (secondary N) is 1. The Morgan fingerprint density at radius 3 is 2.34 bits per heavy atom. The van der Waals surface area contributed by atoms with Crippen LogP contribution in [0.15, 0.2) is 42.5 Å². The van der Waals surface area contributed by atoms with Gasteiger partial charge in [0, 0.05) is 13.1 Å². The molecule has 2 amide bonds. The van der Waals surface area contributed by atoms with Crippen LogP contribution in [0.4, 0.5) is 0 Å². The summed E-state index contributed by atoms with van der Waals surface area (Å²) in [5, 5.41) is 2.87. The van der Waals surface area contributed by atoms with E-state index in [-0.39, 0.29) is 18.2 Å². The fourth-order valence-electron chi connectivity index (χ4n) is 3.39. The van der Waals surface area contributed by atoms with E-state index in [4.69, 9.17) is 4.74 Å². The molecule has 0 bridgehead atoms. The molecule has 1 unspecified atom stereocenters.